The van der Waals surface area contributed by atoms with Crippen molar-refractivity contribution in [1.82, 2.24) is 0 Å². The van der Waals surface area contributed by atoms with Crippen LogP contribution in [0, 0.1) is 17.8 Å². The number of aliphatic hydroxyl groups is 4. The molecule has 2 rings (SSSR count). The van der Waals surface area contributed by atoms with Crippen LogP contribution < -0.4 is 0 Å². The molecule has 0 aromatic carbocycles. The minimum Gasteiger partial charge on any atom is -0.388 e. The molecular formula is C16H34O7P2. The molecule has 150 valence electrons. The van der Waals surface area contributed by atoms with Crippen molar-refractivity contribution in [1.29, 1.82) is 0 Å². The second-order valence-corrected chi connectivity index (χ2v) is 10.6. The standard InChI is InChI=1S/C10H22O2P2.C6H12O5/c1-6-7(2)9(4)11-10(8(6)3)12-14(5)13;1-2-3(7)4(8)5(9)6(10)11-2/h6-10H,13H2,1-5H3;2-10H,1H3/t6-,7+,8?,9?,10+,14?;2?,3-,4-,5?,6?/m00/s1. The molecule has 0 amide bonds. The van der Waals surface area contributed by atoms with Gasteiger partial charge in [0.25, 0.3) is 0 Å². The Balaban J connectivity index is 0.000000257. The molecule has 2 heterocycles. The van der Waals surface area contributed by atoms with Crippen LogP contribution in [0.15, 0.2) is 0 Å². The Bertz CT molecular complexity index is 387. The van der Waals surface area contributed by atoms with Crippen LogP contribution in [0.2, 0.25) is 0 Å². The van der Waals surface area contributed by atoms with Crippen LogP contribution in [0.3, 0.4) is 0 Å². The SMILES string of the molecule is CC1OC(O)C(O)[C@@H](O)[C@H]1O.CC1[C@@H](OP(C)P)OC(C)[C@H](C)[C@@H]1C. The number of rotatable bonds is 2. The summed E-state index contributed by atoms with van der Waals surface area (Å²) in [4.78, 5) is 0. The minimum absolute atomic E-state index is 0.00943. The highest BCUT2D eigenvalue weighted by molar-refractivity contribution is 8.10. The fourth-order valence-electron chi connectivity index (χ4n) is 2.93. The van der Waals surface area contributed by atoms with Crippen LogP contribution in [-0.4, -0.2) is 70.2 Å². The van der Waals surface area contributed by atoms with Crippen molar-refractivity contribution in [3.05, 3.63) is 0 Å². The first kappa shape index (κ1) is 23.6. The maximum Gasteiger partial charge on any atom is 0.183 e. The smallest absolute Gasteiger partial charge is 0.183 e. The first-order valence-electron chi connectivity index (χ1n) is 8.65. The third-order valence-corrected chi connectivity index (χ3v) is 6.18. The largest absolute Gasteiger partial charge is 0.388 e. The molecule has 7 unspecified atom stereocenters. The van der Waals surface area contributed by atoms with Gasteiger partial charge >= 0.3 is 0 Å². The Morgan fingerprint density at radius 1 is 0.760 bits per heavy atom. The average molecular weight is 400 g/mol. The summed E-state index contributed by atoms with van der Waals surface area (Å²) in [6.07, 6.45) is -5.69. The Morgan fingerprint density at radius 2 is 1.32 bits per heavy atom. The van der Waals surface area contributed by atoms with E-state index in [-0.39, 0.29) is 6.29 Å². The lowest BCUT2D eigenvalue weighted by Gasteiger charge is -2.42. The number of ether oxygens (including phenoxy) is 2. The van der Waals surface area contributed by atoms with Crippen molar-refractivity contribution in [3.63, 3.8) is 0 Å². The first-order valence-corrected chi connectivity index (χ1v) is 12.0. The predicted octanol–water partition coefficient (Wildman–Crippen LogP) is 1.28. The van der Waals surface area contributed by atoms with E-state index in [1.54, 1.807) is 0 Å². The summed E-state index contributed by atoms with van der Waals surface area (Å²) < 4.78 is 16.3. The van der Waals surface area contributed by atoms with E-state index in [2.05, 4.69) is 48.0 Å². The van der Waals surface area contributed by atoms with Crippen LogP contribution in [0.1, 0.15) is 34.6 Å². The van der Waals surface area contributed by atoms with Crippen LogP contribution >= 0.6 is 16.8 Å². The molecule has 2 aliphatic rings. The lowest BCUT2D eigenvalue weighted by atomic mass is 9.79. The molecule has 2 fully saturated rings. The van der Waals surface area contributed by atoms with Gasteiger partial charge in [-0.3, -0.25) is 0 Å². The summed E-state index contributed by atoms with van der Waals surface area (Å²) in [7, 11) is 2.30. The molecule has 4 N–H and O–H groups in total. The van der Waals surface area contributed by atoms with Gasteiger partial charge in [0.05, 0.1) is 12.2 Å². The maximum absolute atomic E-state index is 9.09. The maximum atomic E-state index is 9.09. The molecule has 0 spiro atoms. The quantitative estimate of drug-likeness (QED) is 0.517. The molecule has 0 bridgehead atoms. The average Bonchev–Trinajstić information content (AvgIpc) is 2.54. The van der Waals surface area contributed by atoms with Crippen molar-refractivity contribution in [2.75, 3.05) is 6.66 Å². The monoisotopic (exact) mass is 400 g/mol. The van der Waals surface area contributed by atoms with E-state index < -0.39 is 38.5 Å². The lowest BCUT2D eigenvalue weighted by molar-refractivity contribution is -0.277. The summed E-state index contributed by atoms with van der Waals surface area (Å²) in [5.41, 5.74) is 0. The molecule has 9 heteroatoms. The first-order chi connectivity index (χ1) is 11.5. The molecule has 2 saturated heterocycles. The molecule has 25 heavy (non-hydrogen) atoms. The van der Waals surface area contributed by atoms with E-state index in [1.807, 2.05) is 0 Å². The second kappa shape index (κ2) is 10.2. The highest BCUT2D eigenvalue weighted by atomic mass is 32.0. The number of hydrogen-bond donors (Lipinski definition) is 4. The highest BCUT2D eigenvalue weighted by Crippen LogP contribution is 2.47. The third kappa shape index (κ3) is 6.31. The third-order valence-electron chi connectivity index (χ3n) is 5.27. The van der Waals surface area contributed by atoms with Crippen LogP contribution in [0.4, 0.5) is 0 Å². The number of hydrogen-bond acceptors (Lipinski definition) is 7. The molecule has 0 aromatic rings. The summed E-state index contributed by atoms with van der Waals surface area (Å²) in [5.74, 6) is 1.79. The molecule has 0 radical (unpaired) electrons. The van der Waals surface area contributed by atoms with Gasteiger partial charge in [-0.15, -0.1) is 0 Å². The Hall–Kier alpha value is 0.580. The summed E-state index contributed by atoms with van der Waals surface area (Å²) in [6.45, 7) is 12.5. The van der Waals surface area contributed by atoms with E-state index >= 15 is 0 Å². The van der Waals surface area contributed by atoms with Crippen LogP contribution in [-0.2, 0) is 14.0 Å². The molecule has 0 aliphatic carbocycles. The molecular weight excluding hydrogens is 366 g/mol. The van der Waals surface area contributed by atoms with Gasteiger partial charge in [-0.05, 0) is 32.3 Å². The van der Waals surface area contributed by atoms with Crippen molar-refractivity contribution in [2.45, 2.75) is 77.7 Å². The topological polar surface area (TPSA) is 109 Å². The lowest BCUT2D eigenvalue weighted by Crippen LogP contribution is -2.56. The molecule has 0 aromatic heterocycles. The second-order valence-electron chi connectivity index (χ2n) is 7.14. The predicted molar refractivity (Wildman–Crippen MR) is 100 cm³/mol. The van der Waals surface area contributed by atoms with Gasteiger partial charge in [-0.25, -0.2) is 0 Å². The van der Waals surface area contributed by atoms with Crippen molar-refractivity contribution >= 4 is 16.8 Å². The normalized spacial score (nSPS) is 49.1. The fourth-order valence-corrected chi connectivity index (χ4v) is 3.86. The van der Waals surface area contributed by atoms with E-state index in [0.29, 0.717) is 23.9 Å². The zero-order chi connectivity index (χ0) is 19.5. The molecule has 2 aliphatic heterocycles. The van der Waals surface area contributed by atoms with E-state index in [1.165, 1.54) is 6.92 Å². The van der Waals surface area contributed by atoms with Gasteiger partial charge in [0.15, 0.2) is 12.6 Å². The van der Waals surface area contributed by atoms with Gasteiger partial charge in [0.1, 0.15) is 18.3 Å². The summed E-state index contributed by atoms with van der Waals surface area (Å²) in [6, 6.07) is 0. The van der Waals surface area contributed by atoms with Gasteiger partial charge in [0.2, 0.25) is 0 Å². The Morgan fingerprint density at radius 3 is 1.84 bits per heavy atom. The zero-order valence-electron chi connectivity index (χ0n) is 15.8. The summed E-state index contributed by atoms with van der Waals surface area (Å²) in [5, 5.41) is 36.0. The van der Waals surface area contributed by atoms with Crippen molar-refractivity contribution in [2.24, 2.45) is 17.8 Å². The Labute approximate surface area is 154 Å². The summed E-state index contributed by atoms with van der Waals surface area (Å²) >= 11 is 0. The van der Waals surface area contributed by atoms with Gasteiger partial charge in [0, 0.05) is 13.8 Å². The van der Waals surface area contributed by atoms with E-state index in [4.69, 9.17) is 29.7 Å². The molecule has 12 atom stereocenters. The zero-order valence-corrected chi connectivity index (χ0v) is 17.9. The van der Waals surface area contributed by atoms with Crippen molar-refractivity contribution < 1.29 is 34.4 Å². The van der Waals surface area contributed by atoms with E-state index in [9.17, 15) is 0 Å². The van der Waals surface area contributed by atoms with Crippen LogP contribution in [0.5, 0.6) is 0 Å². The van der Waals surface area contributed by atoms with Crippen LogP contribution in [0.25, 0.3) is 0 Å². The molecule has 0 saturated carbocycles. The molecule has 7 nitrogen and oxygen atoms in total. The van der Waals surface area contributed by atoms with E-state index in [0.717, 1.165) is 0 Å². The van der Waals surface area contributed by atoms with Gasteiger partial charge in [-0.2, -0.15) is 0 Å². The highest BCUT2D eigenvalue weighted by Gasteiger charge is 2.40. The number of aliphatic hydroxyl groups excluding tert-OH is 4. The minimum atomic E-state index is -1.43. The van der Waals surface area contributed by atoms with Gasteiger partial charge in [-0.1, -0.05) is 29.7 Å². The fraction of sp³-hybridized carbons (Fsp3) is 1.00. The van der Waals surface area contributed by atoms with Gasteiger partial charge < -0.3 is 34.4 Å². The Kier molecular flexibility index (Phi) is 9.65. The van der Waals surface area contributed by atoms with Crippen molar-refractivity contribution in [3.8, 4) is 0 Å².